The van der Waals surface area contributed by atoms with E-state index in [0.717, 1.165) is 22.3 Å². The zero-order valence-electron chi connectivity index (χ0n) is 30.0. The van der Waals surface area contributed by atoms with Crippen molar-refractivity contribution < 1.29 is 33.3 Å². The Bertz CT molecular complexity index is 1620. The number of hydrogen-bond acceptors (Lipinski definition) is 7. The summed E-state index contributed by atoms with van der Waals surface area (Å²) in [6.45, 7) is 8.37. The molecule has 270 valence electrons. The number of ether oxygens (including phenoxy) is 5. The third kappa shape index (κ3) is 11.5. The highest BCUT2D eigenvalue weighted by Crippen LogP contribution is 2.36. The summed E-state index contributed by atoms with van der Waals surface area (Å²) >= 11 is 0. The number of carbonyl (C=O) groups is 2. The van der Waals surface area contributed by atoms with E-state index in [-0.39, 0.29) is 38.9 Å². The first-order valence-corrected chi connectivity index (χ1v) is 17.5. The van der Waals surface area contributed by atoms with Crippen molar-refractivity contribution in [1.29, 1.82) is 0 Å². The number of nitrogens with zero attached hydrogens (tertiary/aromatic N) is 1. The summed E-state index contributed by atoms with van der Waals surface area (Å²) in [6, 6.07) is 38.1. The van der Waals surface area contributed by atoms with Crippen molar-refractivity contribution in [3.05, 3.63) is 144 Å². The number of carbonyl (C=O) groups excluding carboxylic acids is 2. The van der Waals surface area contributed by atoms with Crippen LogP contribution < -0.4 is 5.32 Å². The SMILES string of the molecule is CC(=O)NC[C@@H](OCc1ccccc1)[C@@H]1[C@@H](OCc2ccccc2)[C@H](OCc2ccccc2)[C@@H](COCc2ccccc2)N1C(=O)OC(C)(C)C. The summed E-state index contributed by atoms with van der Waals surface area (Å²) in [4.78, 5) is 28.5. The minimum absolute atomic E-state index is 0.125. The highest BCUT2D eigenvalue weighted by molar-refractivity contribution is 5.73. The number of nitrogens with one attached hydrogen (secondary N) is 1. The predicted molar refractivity (Wildman–Crippen MR) is 195 cm³/mol. The topological polar surface area (TPSA) is 95.6 Å². The second kappa shape index (κ2) is 18.6. The Morgan fingerprint density at radius 2 is 1.12 bits per heavy atom. The van der Waals surface area contributed by atoms with E-state index in [2.05, 4.69) is 5.32 Å². The van der Waals surface area contributed by atoms with Gasteiger partial charge in [0.15, 0.2) is 0 Å². The zero-order chi connectivity index (χ0) is 36.1. The normalized spacial score (nSPS) is 19.4. The van der Waals surface area contributed by atoms with E-state index in [1.54, 1.807) is 4.90 Å². The van der Waals surface area contributed by atoms with E-state index in [1.807, 2.05) is 142 Å². The van der Waals surface area contributed by atoms with E-state index in [9.17, 15) is 9.59 Å². The molecule has 1 heterocycles. The van der Waals surface area contributed by atoms with Crippen molar-refractivity contribution in [3.8, 4) is 0 Å². The molecule has 0 bridgehead atoms. The van der Waals surface area contributed by atoms with Crippen molar-refractivity contribution in [2.24, 2.45) is 0 Å². The summed E-state index contributed by atoms with van der Waals surface area (Å²) in [5.74, 6) is -0.216. The van der Waals surface area contributed by atoms with Gasteiger partial charge in [-0.05, 0) is 43.0 Å². The Kier molecular flexibility index (Phi) is 13.8. The minimum atomic E-state index is -0.793. The lowest BCUT2D eigenvalue weighted by molar-refractivity contribution is -0.121. The van der Waals surface area contributed by atoms with Crippen LogP contribution in [0.15, 0.2) is 121 Å². The third-order valence-electron chi connectivity index (χ3n) is 8.53. The van der Waals surface area contributed by atoms with Crippen molar-refractivity contribution in [3.63, 3.8) is 0 Å². The Hall–Kier alpha value is -4.54. The first-order valence-electron chi connectivity index (χ1n) is 17.5. The van der Waals surface area contributed by atoms with Gasteiger partial charge >= 0.3 is 6.09 Å². The first-order chi connectivity index (χ1) is 24.7. The molecule has 4 aromatic rings. The molecule has 1 fully saturated rings. The van der Waals surface area contributed by atoms with Gasteiger partial charge in [-0.1, -0.05) is 121 Å². The highest BCUT2D eigenvalue weighted by atomic mass is 16.6. The number of benzene rings is 4. The van der Waals surface area contributed by atoms with E-state index >= 15 is 0 Å². The molecule has 1 aliphatic rings. The Morgan fingerprint density at radius 1 is 0.667 bits per heavy atom. The quantitative estimate of drug-likeness (QED) is 0.134. The van der Waals surface area contributed by atoms with Crippen LogP contribution >= 0.6 is 0 Å². The predicted octanol–water partition coefficient (Wildman–Crippen LogP) is 7.08. The fourth-order valence-corrected chi connectivity index (χ4v) is 6.19. The summed E-state index contributed by atoms with van der Waals surface area (Å²) in [6.07, 6.45) is -2.59. The molecule has 0 aliphatic carbocycles. The summed E-state index contributed by atoms with van der Waals surface area (Å²) in [7, 11) is 0. The molecule has 0 unspecified atom stereocenters. The maximum atomic E-state index is 14.5. The lowest BCUT2D eigenvalue weighted by Gasteiger charge is -2.37. The van der Waals surface area contributed by atoms with Gasteiger partial charge in [0, 0.05) is 13.5 Å². The standard InChI is InChI=1S/C42H50N2O7/c1-31(45)43-25-37(48-27-33-19-11-6-12-20-33)38-40(50-29-35-23-15-8-16-24-35)39(49-28-34-21-13-7-14-22-34)36(44(38)41(46)51-42(2,3)4)30-47-26-32-17-9-5-10-18-32/h5-24,36-40H,25-30H2,1-4H3,(H,43,45)/t36-,37-,38-,39-,40-/m1/s1. The van der Waals surface area contributed by atoms with E-state index in [1.165, 1.54) is 6.92 Å². The van der Waals surface area contributed by atoms with Crippen LogP contribution in [-0.2, 0) is 54.9 Å². The van der Waals surface area contributed by atoms with Crippen molar-refractivity contribution in [2.45, 2.75) is 90.1 Å². The second-order valence-electron chi connectivity index (χ2n) is 13.7. The molecule has 9 heteroatoms. The van der Waals surface area contributed by atoms with Gasteiger partial charge in [0.1, 0.15) is 17.8 Å². The molecule has 0 spiro atoms. The van der Waals surface area contributed by atoms with Gasteiger partial charge in [0.25, 0.3) is 0 Å². The molecule has 1 aliphatic heterocycles. The van der Waals surface area contributed by atoms with Crippen LogP contribution in [-0.4, -0.2) is 66.0 Å². The van der Waals surface area contributed by atoms with Gasteiger partial charge in [0.2, 0.25) is 5.91 Å². The van der Waals surface area contributed by atoms with E-state index in [0.29, 0.717) is 6.61 Å². The van der Waals surface area contributed by atoms with Gasteiger partial charge in [-0.25, -0.2) is 4.79 Å². The summed E-state index contributed by atoms with van der Waals surface area (Å²) in [5, 5.41) is 2.94. The van der Waals surface area contributed by atoms with Crippen LogP contribution in [0.1, 0.15) is 49.9 Å². The number of amides is 2. The average Bonchev–Trinajstić information content (AvgIpc) is 3.43. The van der Waals surface area contributed by atoms with Crippen LogP contribution in [0.2, 0.25) is 0 Å². The largest absolute Gasteiger partial charge is 0.444 e. The summed E-state index contributed by atoms with van der Waals surface area (Å²) in [5.41, 5.74) is 3.11. The average molecular weight is 695 g/mol. The highest BCUT2D eigenvalue weighted by Gasteiger charge is 2.56. The van der Waals surface area contributed by atoms with Crippen LogP contribution in [0.4, 0.5) is 4.79 Å². The molecule has 9 nitrogen and oxygen atoms in total. The molecular weight excluding hydrogens is 644 g/mol. The molecule has 51 heavy (non-hydrogen) atoms. The smallest absolute Gasteiger partial charge is 0.411 e. The molecule has 5 rings (SSSR count). The third-order valence-corrected chi connectivity index (χ3v) is 8.53. The van der Waals surface area contributed by atoms with Crippen LogP contribution in [0.25, 0.3) is 0 Å². The molecule has 1 saturated heterocycles. The minimum Gasteiger partial charge on any atom is -0.444 e. The van der Waals surface area contributed by atoms with E-state index in [4.69, 9.17) is 23.7 Å². The van der Waals surface area contributed by atoms with Crippen molar-refractivity contribution in [1.82, 2.24) is 10.2 Å². The van der Waals surface area contributed by atoms with Gasteiger partial charge in [-0.15, -0.1) is 0 Å². The van der Waals surface area contributed by atoms with Crippen molar-refractivity contribution >= 4 is 12.0 Å². The fraction of sp³-hybridized carbons (Fsp3) is 0.381. The van der Waals surface area contributed by atoms with Crippen LogP contribution in [0, 0.1) is 0 Å². The van der Waals surface area contributed by atoms with Gasteiger partial charge in [-0.2, -0.15) is 0 Å². The maximum absolute atomic E-state index is 14.5. The molecule has 2 amide bonds. The fourth-order valence-electron chi connectivity index (χ4n) is 6.19. The number of rotatable bonds is 16. The van der Waals surface area contributed by atoms with Crippen molar-refractivity contribution in [2.75, 3.05) is 13.2 Å². The van der Waals surface area contributed by atoms with Crippen LogP contribution in [0.3, 0.4) is 0 Å². The molecular formula is C42H50N2O7. The monoisotopic (exact) mass is 694 g/mol. The Morgan fingerprint density at radius 3 is 1.59 bits per heavy atom. The molecule has 4 aromatic carbocycles. The Balaban J connectivity index is 1.57. The molecule has 0 aromatic heterocycles. The van der Waals surface area contributed by atoms with Gasteiger partial charge in [-0.3, -0.25) is 9.69 Å². The lowest BCUT2D eigenvalue weighted by Crippen LogP contribution is -2.55. The summed E-state index contributed by atoms with van der Waals surface area (Å²) < 4.78 is 32.7. The zero-order valence-corrected chi connectivity index (χ0v) is 30.0. The number of likely N-dealkylation sites (tertiary alicyclic amines) is 1. The van der Waals surface area contributed by atoms with Gasteiger partial charge in [0.05, 0.1) is 51.2 Å². The Labute approximate surface area is 301 Å². The molecule has 0 saturated carbocycles. The molecule has 0 radical (unpaired) electrons. The molecule has 1 N–H and O–H groups in total. The maximum Gasteiger partial charge on any atom is 0.411 e. The van der Waals surface area contributed by atoms with Crippen LogP contribution in [0.5, 0.6) is 0 Å². The number of hydrogen-bond donors (Lipinski definition) is 1. The molecule has 5 atom stereocenters. The lowest BCUT2D eigenvalue weighted by atomic mass is 10.0. The first kappa shape index (κ1) is 37.7. The van der Waals surface area contributed by atoms with E-state index < -0.39 is 42.1 Å². The van der Waals surface area contributed by atoms with Gasteiger partial charge < -0.3 is 29.0 Å². The second-order valence-corrected chi connectivity index (χ2v) is 13.7.